The molecule has 0 saturated carbocycles. The van der Waals surface area contributed by atoms with Crippen molar-refractivity contribution in [1.82, 2.24) is 20.5 Å². The summed E-state index contributed by atoms with van der Waals surface area (Å²) in [5.41, 5.74) is 2.84. The van der Waals surface area contributed by atoms with E-state index in [0.717, 1.165) is 26.9 Å². The molecule has 1 atom stereocenters. The molecule has 0 aliphatic carbocycles. The first-order valence-corrected chi connectivity index (χ1v) is 14.5. The van der Waals surface area contributed by atoms with Crippen LogP contribution in [0.15, 0.2) is 53.7 Å². The van der Waals surface area contributed by atoms with E-state index in [1.165, 1.54) is 0 Å². The predicted octanol–water partition coefficient (Wildman–Crippen LogP) is 5.22. The number of benzene rings is 1. The quantitative estimate of drug-likeness (QED) is 0.395. The number of hydrogen-bond donors (Lipinski definition) is 2. The molecule has 220 valence electrons. The average molecular weight is 648 g/mol. The van der Waals surface area contributed by atoms with Crippen molar-refractivity contribution < 1.29 is 19.1 Å². The number of rotatable bonds is 7. The van der Waals surface area contributed by atoms with Crippen LogP contribution in [0.25, 0.3) is 0 Å². The number of pyridine rings is 1. The van der Waals surface area contributed by atoms with Crippen LogP contribution in [-0.2, 0) is 20.8 Å². The highest BCUT2D eigenvalue weighted by Crippen LogP contribution is 2.34. The second-order valence-corrected chi connectivity index (χ2v) is 12.1. The molecular weight excluding hydrogens is 612 g/mol. The molecule has 0 bridgehead atoms. The molecule has 2 aliphatic heterocycles. The van der Waals surface area contributed by atoms with Crippen molar-refractivity contribution in [3.05, 3.63) is 75.5 Å². The highest BCUT2D eigenvalue weighted by atomic mass is 79.9. The van der Waals surface area contributed by atoms with Gasteiger partial charge < -0.3 is 29.9 Å². The maximum absolute atomic E-state index is 13.2. The van der Waals surface area contributed by atoms with Crippen molar-refractivity contribution in [2.45, 2.75) is 45.9 Å². The number of likely N-dealkylation sites (N-methyl/N-ethyl adjacent to an activating group) is 1. The standard InChI is InChI=1S/C29H36BrClN6O4/c1-19-22(24-16-33-8-9-37(24)28(39)41-29(2,3)4)15-25(34-27(19)31)36(18-26(38)32-5)17-20-6-7-21(30)14-23(20)35-10-12-40-13-11-35/h6-7,10-15,24,33H,8-9,16-18H2,1-5H3,(H,32,38). The molecule has 1 fully saturated rings. The van der Waals surface area contributed by atoms with Gasteiger partial charge in [-0.15, -0.1) is 0 Å². The third-order valence-corrected chi connectivity index (χ3v) is 7.56. The van der Waals surface area contributed by atoms with Gasteiger partial charge in [0.25, 0.3) is 0 Å². The van der Waals surface area contributed by atoms with Crippen molar-refractivity contribution >= 4 is 51.0 Å². The van der Waals surface area contributed by atoms with Crippen LogP contribution in [0.4, 0.5) is 16.3 Å². The molecule has 1 aromatic heterocycles. The number of amides is 2. The van der Waals surface area contributed by atoms with Gasteiger partial charge in [0.2, 0.25) is 5.91 Å². The summed E-state index contributed by atoms with van der Waals surface area (Å²) in [5, 5.41) is 6.40. The van der Waals surface area contributed by atoms with Crippen LogP contribution >= 0.6 is 27.5 Å². The molecule has 3 heterocycles. The number of nitrogens with one attached hydrogen (secondary N) is 2. The number of halogens is 2. The molecular formula is C29H36BrClN6O4. The molecule has 1 unspecified atom stereocenters. The van der Waals surface area contributed by atoms with E-state index in [1.807, 2.05) is 74.2 Å². The van der Waals surface area contributed by atoms with Crippen LogP contribution in [0.3, 0.4) is 0 Å². The van der Waals surface area contributed by atoms with Gasteiger partial charge in [-0.05, 0) is 62.6 Å². The molecule has 2 amide bonds. The van der Waals surface area contributed by atoms with Gasteiger partial charge in [0.1, 0.15) is 29.1 Å². The van der Waals surface area contributed by atoms with E-state index in [4.69, 9.17) is 21.1 Å². The summed E-state index contributed by atoms with van der Waals surface area (Å²) in [5.74, 6) is 0.348. The number of nitrogens with zero attached hydrogens (tertiary/aromatic N) is 4. The van der Waals surface area contributed by atoms with Gasteiger partial charge in [0.05, 0.1) is 18.3 Å². The number of carbonyl (C=O) groups excluding carboxylic acids is 2. The van der Waals surface area contributed by atoms with Crippen LogP contribution in [0.2, 0.25) is 5.15 Å². The van der Waals surface area contributed by atoms with Gasteiger partial charge in [0, 0.05) is 50.1 Å². The summed E-state index contributed by atoms with van der Waals surface area (Å²) < 4.78 is 11.8. The Kier molecular flexibility index (Phi) is 9.83. The topological polar surface area (TPSA) is 99.3 Å². The first-order chi connectivity index (χ1) is 19.5. The number of ether oxygens (including phenoxy) is 2. The second kappa shape index (κ2) is 13.1. The number of aromatic nitrogens is 1. The maximum atomic E-state index is 13.2. The Morgan fingerprint density at radius 1 is 1.27 bits per heavy atom. The largest absolute Gasteiger partial charge is 0.470 e. The zero-order valence-electron chi connectivity index (χ0n) is 23.9. The Morgan fingerprint density at radius 3 is 2.68 bits per heavy atom. The van der Waals surface area contributed by atoms with Crippen LogP contribution < -0.4 is 20.4 Å². The van der Waals surface area contributed by atoms with Gasteiger partial charge in [-0.1, -0.05) is 33.6 Å². The van der Waals surface area contributed by atoms with Crippen molar-refractivity contribution in [1.29, 1.82) is 0 Å². The molecule has 2 aromatic rings. The van der Waals surface area contributed by atoms with Crippen molar-refractivity contribution in [3.8, 4) is 0 Å². The van der Waals surface area contributed by atoms with Gasteiger partial charge in [-0.3, -0.25) is 9.69 Å². The minimum Gasteiger partial charge on any atom is -0.470 e. The zero-order chi connectivity index (χ0) is 29.7. The predicted molar refractivity (Wildman–Crippen MR) is 164 cm³/mol. The van der Waals surface area contributed by atoms with Crippen molar-refractivity contribution in [3.63, 3.8) is 0 Å². The molecule has 0 spiro atoms. The highest BCUT2D eigenvalue weighted by Gasteiger charge is 2.33. The average Bonchev–Trinajstić information content (AvgIpc) is 2.94. The van der Waals surface area contributed by atoms with E-state index in [2.05, 4.69) is 31.5 Å². The maximum Gasteiger partial charge on any atom is 0.410 e. The SMILES string of the molecule is CNC(=O)CN(Cc1ccc(Br)cc1N1C=COC=C1)c1cc(C2CNCCN2C(=O)OC(C)(C)C)c(C)c(Cl)n1. The summed E-state index contributed by atoms with van der Waals surface area (Å²) >= 11 is 10.3. The minimum atomic E-state index is -0.625. The number of hydrogen-bond acceptors (Lipinski definition) is 8. The lowest BCUT2D eigenvalue weighted by Crippen LogP contribution is -2.50. The highest BCUT2D eigenvalue weighted by molar-refractivity contribution is 9.10. The van der Waals surface area contributed by atoms with E-state index in [-0.39, 0.29) is 24.6 Å². The van der Waals surface area contributed by atoms with Crippen molar-refractivity contribution in [2.24, 2.45) is 0 Å². The van der Waals surface area contributed by atoms with Crippen molar-refractivity contribution in [2.75, 3.05) is 43.0 Å². The molecule has 0 radical (unpaired) electrons. The van der Waals surface area contributed by atoms with Crippen LogP contribution in [0.5, 0.6) is 0 Å². The van der Waals surface area contributed by atoms with Gasteiger partial charge >= 0.3 is 6.09 Å². The normalized spacial score (nSPS) is 16.8. The molecule has 4 rings (SSSR count). The first-order valence-electron chi connectivity index (χ1n) is 13.4. The van der Waals surface area contributed by atoms with E-state index >= 15 is 0 Å². The molecule has 2 aliphatic rings. The number of carbonyl (C=O) groups is 2. The summed E-state index contributed by atoms with van der Waals surface area (Å²) in [7, 11) is 1.60. The van der Waals surface area contributed by atoms with Crippen LogP contribution in [0, 0.1) is 6.92 Å². The fourth-order valence-electron chi connectivity index (χ4n) is 4.66. The smallest absolute Gasteiger partial charge is 0.410 e. The monoisotopic (exact) mass is 646 g/mol. The minimum absolute atomic E-state index is 0.0469. The third kappa shape index (κ3) is 7.72. The lowest BCUT2D eigenvalue weighted by molar-refractivity contribution is -0.119. The van der Waals surface area contributed by atoms with Crippen LogP contribution in [0.1, 0.15) is 43.5 Å². The summed E-state index contributed by atoms with van der Waals surface area (Å²) in [6.45, 7) is 9.52. The van der Waals surface area contributed by atoms with Crippen LogP contribution in [-0.4, -0.2) is 60.7 Å². The second-order valence-electron chi connectivity index (χ2n) is 10.8. The molecule has 1 saturated heterocycles. The fourth-order valence-corrected chi connectivity index (χ4v) is 5.20. The molecule has 12 heteroatoms. The van der Waals surface area contributed by atoms with E-state index in [9.17, 15) is 9.59 Å². The Labute approximate surface area is 254 Å². The van der Waals surface area contributed by atoms with Gasteiger partial charge in [-0.25, -0.2) is 9.78 Å². The molecule has 41 heavy (non-hydrogen) atoms. The molecule has 2 N–H and O–H groups in total. The third-order valence-electron chi connectivity index (χ3n) is 6.69. The van der Waals surface area contributed by atoms with E-state index in [1.54, 1.807) is 24.5 Å². The van der Waals surface area contributed by atoms with E-state index < -0.39 is 5.60 Å². The lowest BCUT2D eigenvalue weighted by Gasteiger charge is -2.38. The Hall–Kier alpha value is -3.28. The van der Waals surface area contributed by atoms with Gasteiger partial charge in [0.15, 0.2) is 0 Å². The molecule has 10 nitrogen and oxygen atoms in total. The number of piperazine rings is 1. The summed E-state index contributed by atoms with van der Waals surface area (Å²) in [4.78, 5) is 36.1. The summed E-state index contributed by atoms with van der Waals surface area (Å²) in [6, 6.07) is 7.55. The first kappa shape index (κ1) is 30.7. The zero-order valence-corrected chi connectivity index (χ0v) is 26.3. The summed E-state index contributed by atoms with van der Waals surface area (Å²) in [6.07, 6.45) is 6.43. The van der Waals surface area contributed by atoms with Gasteiger partial charge in [-0.2, -0.15) is 0 Å². The number of anilines is 2. The Morgan fingerprint density at radius 2 is 2.00 bits per heavy atom. The molecule has 1 aromatic carbocycles. The van der Waals surface area contributed by atoms with E-state index in [0.29, 0.717) is 37.1 Å². The Balaban J connectivity index is 1.74. The fraction of sp³-hybridized carbons (Fsp3) is 0.414. The lowest BCUT2D eigenvalue weighted by atomic mass is 9.99. The Bertz CT molecular complexity index is 1330.